The number of aryl methyl sites for hydroxylation is 2. The Hall–Kier alpha value is -3.27. The molecule has 0 aliphatic heterocycles. The molecule has 2 aromatic carbocycles. The van der Waals surface area contributed by atoms with Crippen LogP contribution in [0, 0.1) is 24.0 Å². The Bertz CT molecular complexity index is 1030. The van der Waals surface area contributed by atoms with Crippen LogP contribution in [-0.4, -0.2) is 38.3 Å². The highest BCUT2D eigenvalue weighted by Crippen LogP contribution is 2.23. The van der Waals surface area contributed by atoms with Gasteiger partial charge in [0, 0.05) is 6.07 Å². The van der Waals surface area contributed by atoms with Crippen molar-refractivity contribution in [2.45, 2.75) is 13.8 Å². The summed E-state index contributed by atoms with van der Waals surface area (Å²) < 4.78 is 25.3. The van der Waals surface area contributed by atoms with Crippen molar-refractivity contribution in [2.75, 3.05) is 17.1 Å². The standard InChI is InChI=1S/C18H20N4O5S/c1-13-8-9-16(14(2)10-13)21(28(3,26)27)12-18(23)20-19-11-15-6-4-5-7-17(15)22(24)25/h4-11H,12H2,1-3H3,(H,20,23)/b19-11-. The van der Waals surface area contributed by atoms with Crippen molar-refractivity contribution in [1.29, 1.82) is 0 Å². The van der Waals surface area contributed by atoms with E-state index in [1.54, 1.807) is 25.1 Å². The van der Waals surface area contributed by atoms with Crippen LogP contribution in [0.1, 0.15) is 16.7 Å². The van der Waals surface area contributed by atoms with Crippen LogP contribution < -0.4 is 9.73 Å². The van der Waals surface area contributed by atoms with Crippen LogP contribution >= 0.6 is 0 Å². The molecule has 2 rings (SSSR count). The number of carbonyl (C=O) groups excluding carboxylic acids is 1. The van der Waals surface area contributed by atoms with Gasteiger partial charge in [0.15, 0.2) is 0 Å². The van der Waals surface area contributed by atoms with Crippen molar-refractivity contribution in [1.82, 2.24) is 5.43 Å². The maximum absolute atomic E-state index is 12.2. The molecule has 0 aromatic heterocycles. The van der Waals surface area contributed by atoms with E-state index in [1.807, 2.05) is 13.0 Å². The van der Waals surface area contributed by atoms with Gasteiger partial charge in [-0.15, -0.1) is 0 Å². The summed E-state index contributed by atoms with van der Waals surface area (Å²) in [4.78, 5) is 22.6. The molecule has 0 bridgehead atoms. The molecule has 0 saturated heterocycles. The quantitative estimate of drug-likeness (QED) is 0.430. The van der Waals surface area contributed by atoms with Gasteiger partial charge in [-0.25, -0.2) is 13.8 Å². The molecule has 2 aromatic rings. The molecule has 0 saturated carbocycles. The van der Waals surface area contributed by atoms with Crippen molar-refractivity contribution in [3.63, 3.8) is 0 Å². The summed E-state index contributed by atoms with van der Waals surface area (Å²) in [5.74, 6) is -0.680. The monoisotopic (exact) mass is 404 g/mol. The highest BCUT2D eigenvalue weighted by Gasteiger charge is 2.22. The number of amides is 1. The molecule has 0 aliphatic rings. The van der Waals surface area contributed by atoms with E-state index in [1.165, 1.54) is 18.2 Å². The Labute approximate surface area is 162 Å². The third kappa shape index (κ3) is 5.36. The van der Waals surface area contributed by atoms with Crippen LogP contribution in [0.5, 0.6) is 0 Å². The van der Waals surface area contributed by atoms with Crippen molar-refractivity contribution in [2.24, 2.45) is 5.10 Å². The predicted molar refractivity (Wildman–Crippen MR) is 107 cm³/mol. The highest BCUT2D eigenvalue weighted by molar-refractivity contribution is 7.92. The minimum absolute atomic E-state index is 0.159. The van der Waals surface area contributed by atoms with Crippen molar-refractivity contribution < 1.29 is 18.1 Å². The summed E-state index contributed by atoms with van der Waals surface area (Å²) in [7, 11) is -3.71. The number of nitrogens with zero attached hydrogens (tertiary/aromatic N) is 3. The lowest BCUT2D eigenvalue weighted by atomic mass is 10.1. The minimum atomic E-state index is -3.71. The number of rotatable bonds is 7. The molecule has 0 heterocycles. The largest absolute Gasteiger partial charge is 0.278 e. The van der Waals surface area contributed by atoms with Crippen LogP contribution in [0.2, 0.25) is 0 Å². The first-order valence-electron chi connectivity index (χ1n) is 8.20. The Morgan fingerprint density at radius 2 is 1.93 bits per heavy atom. The highest BCUT2D eigenvalue weighted by atomic mass is 32.2. The van der Waals surface area contributed by atoms with Gasteiger partial charge < -0.3 is 0 Å². The number of nitro groups is 1. The molecular weight excluding hydrogens is 384 g/mol. The van der Waals surface area contributed by atoms with E-state index in [0.29, 0.717) is 11.3 Å². The van der Waals surface area contributed by atoms with Gasteiger partial charge in [-0.2, -0.15) is 5.10 Å². The summed E-state index contributed by atoms with van der Waals surface area (Å²) in [5.41, 5.74) is 4.32. The van der Waals surface area contributed by atoms with E-state index in [2.05, 4.69) is 10.5 Å². The van der Waals surface area contributed by atoms with Crippen molar-refractivity contribution >= 4 is 33.5 Å². The number of hydrazone groups is 1. The molecule has 9 nitrogen and oxygen atoms in total. The molecule has 0 fully saturated rings. The zero-order valence-corrected chi connectivity index (χ0v) is 16.4. The van der Waals surface area contributed by atoms with Gasteiger partial charge in [0.1, 0.15) is 6.54 Å². The Morgan fingerprint density at radius 3 is 2.54 bits per heavy atom. The van der Waals surface area contributed by atoms with Crippen LogP contribution in [-0.2, 0) is 14.8 Å². The zero-order chi connectivity index (χ0) is 20.9. The first-order valence-corrected chi connectivity index (χ1v) is 10.0. The fraction of sp³-hybridized carbons (Fsp3) is 0.222. The number of carbonyl (C=O) groups is 1. The van der Waals surface area contributed by atoms with Crippen molar-refractivity contribution in [3.05, 3.63) is 69.3 Å². The molecular formula is C18H20N4O5S. The Balaban J connectivity index is 2.16. The summed E-state index contributed by atoms with van der Waals surface area (Å²) in [6.07, 6.45) is 2.15. The van der Waals surface area contributed by atoms with Crippen LogP contribution in [0.15, 0.2) is 47.6 Å². The fourth-order valence-corrected chi connectivity index (χ4v) is 3.48. The van der Waals surface area contributed by atoms with Gasteiger partial charge in [-0.1, -0.05) is 29.8 Å². The second-order valence-corrected chi connectivity index (χ2v) is 8.08. The summed E-state index contributed by atoms with van der Waals surface area (Å²) in [6.45, 7) is 3.16. The first-order chi connectivity index (χ1) is 13.1. The lowest BCUT2D eigenvalue weighted by Gasteiger charge is -2.23. The number of benzene rings is 2. The molecule has 0 spiro atoms. The third-order valence-electron chi connectivity index (χ3n) is 3.83. The van der Waals surface area contributed by atoms with Gasteiger partial charge in [-0.05, 0) is 31.5 Å². The first kappa shape index (κ1) is 21.0. The average Bonchev–Trinajstić information content (AvgIpc) is 2.59. The number of nitrogens with one attached hydrogen (secondary N) is 1. The Kier molecular flexibility index (Phi) is 6.47. The van der Waals surface area contributed by atoms with Gasteiger partial charge >= 0.3 is 0 Å². The maximum atomic E-state index is 12.2. The fourth-order valence-electron chi connectivity index (χ4n) is 2.57. The Morgan fingerprint density at radius 1 is 1.25 bits per heavy atom. The van der Waals surface area contributed by atoms with Gasteiger partial charge in [0.25, 0.3) is 11.6 Å². The van der Waals surface area contributed by atoms with E-state index in [-0.39, 0.29) is 11.3 Å². The topological polar surface area (TPSA) is 122 Å². The SMILES string of the molecule is Cc1ccc(N(CC(=O)N/N=C\c2ccccc2[N+](=O)[O-])S(C)(=O)=O)c(C)c1. The number of hydrogen-bond donors (Lipinski definition) is 1. The maximum Gasteiger partial charge on any atom is 0.278 e. The minimum Gasteiger partial charge on any atom is -0.271 e. The second-order valence-electron chi connectivity index (χ2n) is 6.17. The van der Waals surface area contributed by atoms with Gasteiger partial charge in [-0.3, -0.25) is 19.2 Å². The summed E-state index contributed by atoms with van der Waals surface area (Å²) >= 11 is 0. The molecule has 1 amide bonds. The van der Waals surface area contributed by atoms with E-state index >= 15 is 0 Å². The van der Waals surface area contributed by atoms with Crippen LogP contribution in [0.3, 0.4) is 0 Å². The summed E-state index contributed by atoms with van der Waals surface area (Å²) in [5, 5.41) is 14.7. The molecule has 0 atom stereocenters. The molecule has 148 valence electrons. The molecule has 28 heavy (non-hydrogen) atoms. The molecule has 0 aliphatic carbocycles. The molecule has 0 unspecified atom stereocenters. The molecule has 0 radical (unpaired) electrons. The van der Waals surface area contributed by atoms with E-state index < -0.39 is 27.4 Å². The summed E-state index contributed by atoms with van der Waals surface area (Å²) in [6, 6.07) is 11.1. The van der Waals surface area contributed by atoms with Crippen LogP contribution in [0.25, 0.3) is 0 Å². The van der Waals surface area contributed by atoms with Crippen molar-refractivity contribution in [3.8, 4) is 0 Å². The van der Waals surface area contributed by atoms with Crippen LogP contribution in [0.4, 0.5) is 11.4 Å². The lowest BCUT2D eigenvalue weighted by Crippen LogP contribution is -2.39. The number of para-hydroxylation sites is 1. The third-order valence-corrected chi connectivity index (χ3v) is 4.96. The number of anilines is 1. The number of sulfonamides is 1. The zero-order valence-electron chi connectivity index (χ0n) is 15.6. The van der Waals surface area contributed by atoms with Gasteiger partial charge in [0.05, 0.1) is 28.6 Å². The van der Waals surface area contributed by atoms with E-state index in [0.717, 1.165) is 22.3 Å². The second kappa shape index (κ2) is 8.61. The normalized spacial score (nSPS) is 11.4. The lowest BCUT2D eigenvalue weighted by molar-refractivity contribution is -0.385. The smallest absolute Gasteiger partial charge is 0.271 e. The number of nitro benzene ring substituents is 1. The van der Waals surface area contributed by atoms with E-state index in [9.17, 15) is 23.3 Å². The van der Waals surface area contributed by atoms with Gasteiger partial charge in [0.2, 0.25) is 10.0 Å². The molecule has 10 heteroatoms. The van der Waals surface area contributed by atoms with E-state index in [4.69, 9.17) is 0 Å². The molecule has 1 N–H and O–H groups in total. The predicted octanol–water partition coefficient (Wildman–Crippen LogP) is 2.13. The number of hydrogen-bond acceptors (Lipinski definition) is 6. The average molecular weight is 404 g/mol.